The summed E-state index contributed by atoms with van der Waals surface area (Å²) >= 11 is 0. The minimum Gasteiger partial charge on any atom is -0.875 e. The van der Waals surface area contributed by atoms with Crippen LogP contribution in [0, 0.1) is 77.0 Å². The molecule has 0 heterocycles. The third-order valence-electron chi connectivity index (χ3n) is 14.9. The molecule has 0 spiro atoms. The molecule has 317 valence electrons. The zero-order chi connectivity index (χ0) is 41.3. The fourth-order valence-corrected chi connectivity index (χ4v) is 13.6. The topological polar surface area (TPSA) is 123 Å². The second-order valence-corrected chi connectivity index (χ2v) is 20.0. The van der Waals surface area contributed by atoms with Gasteiger partial charge in [-0.25, -0.2) is 9.59 Å². The van der Waals surface area contributed by atoms with E-state index in [9.17, 15) is 19.8 Å². The maximum Gasteiger partial charge on any atom is 2.00 e. The summed E-state index contributed by atoms with van der Waals surface area (Å²) in [6.45, 7) is 15.1. The number of aliphatic imine (C=N–C) groups is 2. The third-order valence-corrected chi connectivity index (χ3v) is 14.9. The molecular formula is C50H62CoN2O6. The molecule has 10 rings (SSSR count). The molecule has 0 aliphatic heterocycles. The molecule has 0 amide bonds. The molecule has 0 N–H and O–H groups in total. The monoisotopic (exact) mass is 845 g/mol. The summed E-state index contributed by atoms with van der Waals surface area (Å²) < 4.78 is 12.8. The largest absolute Gasteiger partial charge is 2.00 e. The smallest absolute Gasteiger partial charge is 0.875 e. The average Bonchev–Trinajstić information content (AvgIpc) is 3.07. The van der Waals surface area contributed by atoms with Gasteiger partial charge in [0.15, 0.2) is 0 Å². The van der Waals surface area contributed by atoms with Crippen molar-refractivity contribution >= 4 is 24.4 Å². The molecular weight excluding hydrogens is 783 g/mol. The van der Waals surface area contributed by atoms with E-state index in [1.165, 1.54) is 64.8 Å². The van der Waals surface area contributed by atoms with E-state index < -0.39 is 46.7 Å². The van der Waals surface area contributed by atoms with E-state index in [1.54, 1.807) is 0 Å². The number of nitrogens with zero attached hydrogens (tertiary/aromatic N) is 2. The molecule has 0 unspecified atom stereocenters. The van der Waals surface area contributed by atoms with E-state index >= 15 is 0 Å². The fraction of sp³-hybridized carbons (Fsp3) is 0.600. The molecule has 8 saturated carbocycles. The van der Waals surface area contributed by atoms with Crippen LogP contribution in [0.2, 0.25) is 0 Å². The van der Waals surface area contributed by atoms with Gasteiger partial charge < -0.3 is 19.7 Å². The van der Waals surface area contributed by atoms with Crippen LogP contribution in [-0.2, 0) is 35.8 Å². The fourth-order valence-electron chi connectivity index (χ4n) is 13.6. The summed E-state index contributed by atoms with van der Waals surface area (Å²) in [6, 6.07) is 6.96. The van der Waals surface area contributed by atoms with E-state index in [4.69, 9.17) is 19.5 Å². The van der Waals surface area contributed by atoms with Crippen molar-refractivity contribution in [3.05, 3.63) is 91.4 Å². The van der Waals surface area contributed by atoms with Crippen molar-refractivity contribution in [3.8, 4) is 0 Å². The number of carbonyl (C=O) groups is 2. The Morgan fingerprint density at radius 3 is 1.05 bits per heavy atom. The second kappa shape index (κ2) is 16.6. The molecule has 59 heavy (non-hydrogen) atoms. The third kappa shape index (κ3) is 8.75. The van der Waals surface area contributed by atoms with Gasteiger partial charge >= 0.3 is 28.7 Å². The summed E-state index contributed by atoms with van der Waals surface area (Å²) in [6.07, 6.45) is 15.2. The molecule has 2 aromatic rings. The summed E-state index contributed by atoms with van der Waals surface area (Å²) in [7, 11) is 0. The first-order valence-electron chi connectivity index (χ1n) is 21.9. The Balaban J connectivity index is 0.00000528. The van der Waals surface area contributed by atoms with Crippen LogP contribution in [0.25, 0.3) is 0 Å². The molecule has 1 radical (unpaired) electrons. The molecule has 8 bridgehead atoms. The Labute approximate surface area is 361 Å². The number of hydrogen-bond donors (Lipinski definition) is 0. The van der Waals surface area contributed by atoms with Gasteiger partial charge in [-0.3, -0.25) is 9.98 Å². The molecule has 8 nitrogen and oxygen atoms in total. The van der Waals surface area contributed by atoms with Gasteiger partial charge in [0.2, 0.25) is 0 Å². The number of aryl methyl sites for hydroxylation is 6. The van der Waals surface area contributed by atoms with Gasteiger partial charge in [0.1, 0.15) is 23.3 Å². The number of rotatable bonds is 11. The number of benzene rings is 2. The van der Waals surface area contributed by atoms with E-state index in [0.717, 1.165) is 83.0 Å². The summed E-state index contributed by atoms with van der Waals surface area (Å²) in [5.41, 5.74) is 6.74. The van der Waals surface area contributed by atoms with Crippen LogP contribution in [0.15, 0.2) is 56.9 Å². The number of allylic oxidation sites excluding steroid dienone is 2. The quantitative estimate of drug-likeness (QED) is 0.0965. The van der Waals surface area contributed by atoms with Crippen LogP contribution in [0.3, 0.4) is 0 Å². The van der Waals surface area contributed by atoms with Crippen molar-refractivity contribution in [2.45, 2.75) is 156 Å². The zero-order valence-electron chi connectivity index (χ0n) is 36.2. The van der Waals surface area contributed by atoms with Crippen LogP contribution < -0.4 is 10.2 Å². The minimum atomic E-state index is -0.731. The predicted octanol–water partition coefficient (Wildman–Crippen LogP) is 8.75. The van der Waals surface area contributed by atoms with E-state index in [1.807, 2.05) is 27.7 Å². The number of ether oxygens (including phenoxy) is 2. The maximum atomic E-state index is 14.1. The Morgan fingerprint density at radius 2 is 0.814 bits per heavy atom. The van der Waals surface area contributed by atoms with Crippen LogP contribution in [-0.4, -0.2) is 35.6 Å². The molecule has 9 heteroatoms. The Morgan fingerprint density at radius 1 is 0.559 bits per heavy atom. The van der Waals surface area contributed by atoms with Crippen molar-refractivity contribution in [1.29, 1.82) is 0 Å². The van der Waals surface area contributed by atoms with Gasteiger partial charge in [-0.05, 0) is 187 Å². The van der Waals surface area contributed by atoms with Gasteiger partial charge in [-0.2, -0.15) is 0 Å². The van der Waals surface area contributed by atoms with Gasteiger partial charge in [-0.15, -0.1) is 11.5 Å². The van der Waals surface area contributed by atoms with Gasteiger partial charge in [0.25, 0.3) is 0 Å². The summed E-state index contributed by atoms with van der Waals surface area (Å²) in [5.74, 6) is 1.41. The first-order valence-corrected chi connectivity index (χ1v) is 21.9. The first kappa shape index (κ1) is 43.4. The molecule has 0 saturated heterocycles. The molecule has 2 atom stereocenters. The number of esters is 2. The number of carbonyl (C=O) groups excluding carboxylic acids is 2. The molecule has 8 aliphatic rings. The first-order chi connectivity index (χ1) is 27.5. The van der Waals surface area contributed by atoms with Gasteiger partial charge in [0.05, 0.1) is 11.1 Å². The Hall–Kier alpha value is -3.69. The van der Waals surface area contributed by atoms with Gasteiger partial charge in [0, 0.05) is 12.4 Å². The molecule has 2 aromatic carbocycles. The Kier molecular flexibility index (Phi) is 12.2. The molecule has 8 aliphatic carbocycles. The van der Waals surface area contributed by atoms with Crippen molar-refractivity contribution in [2.75, 3.05) is 0 Å². The van der Waals surface area contributed by atoms with Crippen LogP contribution in [0.5, 0.6) is 0 Å². The molecule has 8 fully saturated rings. The SMILES string of the molecule is C/C([O-])=C(/C=N[C@@H](c1c(C)cc(C)cc1C)[C@@H](N=C/C(C(=O)OC12CC3CC(CC(C3)C1)C2)=C(/C)[O-])c1c(C)cc(C)cc1C)C(=O)OC12CC3CC(CC(C3)C1)C2.[Co+2]. The van der Waals surface area contributed by atoms with Crippen molar-refractivity contribution in [1.82, 2.24) is 0 Å². The normalized spacial score (nSPS) is 32.1. The summed E-state index contributed by atoms with van der Waals surface area (Å²) in [4.78, 5) is 38.6. The Bertz CT molecular complexity index is 1850. The van der Waals surface area contributed by atoms with Crippen LogP contribution in [0.4, 0.5) is 0 Å². The summed E-state index contributed by atoms with van der Waals surface area (Å²) in [5, 5.41) is 26.7. The van der Waals surface area contributed by atoms with E-state index in [-0.39, 0.29) is 27.9 Å². The van der Waals surface area contributed by atoms with Crippen molar-refractivity contribution in [3.63, 3.8) is 0 Å². The zero-order valence-corrected chi connectivity index (χ0v) is 37.3. The second-order valence-electron chi connectivity index (χ2n) is 20.0. The maximum absolute atomic E-state index is 14.1. The number of hydrogen-bond acceptors (Lipinski definition) is 8. The average molecular weight is 846 g/mol. The van der Waals surface area contributed by atoms with E-state index in [2.05, 4.69) is 38.1 Å². The van der Waals surface area contributed by atoms with Crippen molar-refractivity contribution in [2.24, 2.45) is 45.5 Å². The van der Waals surface area contributed by atoms with Crippen LogP contribution in [0.1, 0.15) is 147 Å². The minimum absolute atomic E-state index is 0. The predicted molar refractivity (Wildman–Crippen MR) is 223 cm³/mol. The van der Waals surface area contributed by atoms with Crippen molar-refractivity contribution < 1.29 is 46.1 Å². The standard InChI is InChI=1S/C50H64N2O6.Co/c1-27-9-29(3)43(30(4)10-27)45(51-25-41(33(7)53)47(55)57-49-19-35-13-36(20-49)15-37(14-35)21-49)46(44-31(5)11-28(2)12-32(44)6)52-26-42(34(8)54)48(56)58-50-22-38-16-39(23-50)18-40(17-38)24-50;/h9-12,25-26,35-40,45-46,53-54H,13-24H2,1-8H3;/q;+2/p-2/b41-33+,42-34+,51-25?,52-26?;/t35?,36?,37?,38?,39?,40?,45-,46-,49?,50?;/m0./s1. The molecule has 0 aromatic heterocycles. The van der Waals surface area contributed by atoms with Crippen LogP contribution >= 0.6 is 0 Å². The van der Waals surface area contributed by atoms with E-state index in [0.29, 0.717) is 35.5 Å². The van der Waals surface area contributed by atoms with Gasteiger partial charge in [-0.1, -0.05) is 49.2 Å².